The highest BCUT2D eigenvalue weighted by Crippen LogP contribution is 2.14. The van der Waals surface area contributed by atoms with Crippen LogP contribution in [0.25, 0.3) is 0 Å². The molecule has 1 aromatic rings. The van der Waals surface area contributed by atoms with Crippen LogP contribution in [-0.4, -0.2) is 13.3 Å². The van der Waals surface area contributed by atoms with E-state index >= 15 is 0 Å². The van der Waals surface area contributed by atoms with Gasteiger partial charge in [0.15, 0.2) is 0 Å². The molecule has 84 valence electrons. The van der Waals surface area contributed by atoms with Crippen molar-refractivity contribution in [3.05, 3.63) is 29.8 Å². The Bertz CT molecular complexity index is 273. The topological polar surface area (TPSA) is 21.3 Å². The van der Waals surface area contributed by atoms with E-state index in [4.69, 9.17) is 4.74 Å². The lowest BCUT2D eigenvalue weighted by Gasteiger charge is -2.10. The Hall–Kier alpha value is -1.02. The second-order valence-corrected chi connectivity index (χ2v) is 3.59. The zero-order valence-corrected chi connectivity index (χ0v) is 9.75. The number of rotatable bonds is 7. The second-order valence-electron chi connectivity index (χ2n) is 3.59. The maximum absolute atomic E-state index is 5.47. The summed E-state index contributed by atoms with van der Waals surface area (Å²) in [5, 5.41) is 3.30. The van der Waals surface area contributed by atoms with Crippen LogP contribution < -0.4 is 5.32 Å². The molecule has 1 aromatic carbocycles. The highest BCUT2D eigenvalue weighted by atomic mass is 16.5. The Labute approximate surface area is 92.6 Å². The quantitative estimate of drug-likeness (QED) is 0.546. The van der Waals surface area contributed by atoms with Gasteiger partial charge >= 0.3 is 0 Å². The van der Waals surface area contributed by atoms with Crippen molar-refractivity contribution in [3.8, 4) is 0 Å². The number of para-hydroxylation sites is 1. The van der Waals surface area contributed by atoms with Gasteiger partial charge in [-0.15, -0.1) is 0 Å². The van der Waals surface area contributed by atoms with E-state index in [9.17, 15) is 0 Å². The van der Waals surface area contributed by atoms with Gasteiger partial charge in [-0.1, -0.05) is 38.5 Å². The Morgan fingerprint density at radius 3 is 2.73 bits per heavy atom. The Balaban J connectivity index is 2.30. The first-order chi connectivity index (χ1) is 7.38. The van der Waals surface area contributed by atoms with Gasteiger partial charge in [-0.3, -0.25) is 0 Å². The van der Waals surface area contributed by atoms with Crippen LogP contribution in [0.2, 0.25) is 0 Å². The SMILES string of the molecule is CCCCOCNc1ccccc1CC. The maximum atomic E-state index is 5.47. The van der Waals surface area contributed by atoms with E-state index in [1.54, 1.807) is 0 Å². The van der Waals surface area contributed by atoms with Gasteiger partial charge in [0, 0.05) is 12.3 Å². The van der Waals surface area contributed by atoms with Crippen LogP contribution in [0.1, 0.15) is 32.3 Å². The molecule has 0 saturated heterocycles. The molecule has 15 heavy (non-hydrogen) atoms. The van der Waals surface area contributed by atoms with Crippen molar-refractivity contribution >= 4 is 5.69 Å². The normalized spacial score (nSPS) is 10.3. The number of hydrogen-bond donors (Lipinski definition) is 1. The monoisotopic (exact) mass is 207 g/mol. The van der Waals surface area contributed by atoms with Gasteiger partial charge in [0.05, 0.1) is 0 Å². The average Bonchev–Trinajstić information content (AvgIpc) is 2.29. The molecule has 1 N–H and O–H groups in total. The van der Waals surface area contributed by atoms with Crippen molar-refractivity contribution in [2.75, 3.05) is 18.7 Å². The minimum Gasteiger partial charge on any atom is -0.362 e. The van der Waals surface area contributed by atoms with Gasteiger partial charge in [-0.2, -0.15) is 0 Å². The number of ether oxygens (including phenoxy) is 1. The van der Waals surface area contributed by atoms with Crippen molar-refractivity contribution < 1.29 is 4.74 Å². The van der Waals surface area contributed by atoms with Gasteiger partial charge in [-0.25, -0.2) is 0 Å². The fraction of sp³-hybridized carbons (Fsp3) is 0.538. The lowest BCUT2D eigenvalue weighted by molar-refractivity contribution is 0.149. The maximum Gasteiger partial charge on any atom is 0.116 e. The predicted octanol–water partition coefficient (Wildman–Crippen LogP) is 3.44. The van der Waals surface area contributed by atoms with Crippen molar-refractivity contribution in [3.63, 3.8) is 0 Å². The first kappa shape index (κ1) is 12.1. The summed E-state index contributed by atoms with van der Waals surface area (Å²) in [7, 11) is 0. The van der Waals surface area contributed by atoms with Gasteiger partial charge in [-0.05, 0) is 24.5 Å². The molecule has 0 heterocycles. The third-order valence-electron chi connectivity index (χ3n) is 2.41. The molecule has 0 aliphatic rings. The van der Waals surface area contributed by atoms with E-state index in [1.807, 2.05) is 6.07 Å². The van der Waals surface area contributed by atoms with E-state index in [0.717, 1.165) is 19.4 Å². The Morgan fingerprint density at radius 1 is 1.20 bits per heavy atom. The highest BCUT2D eigenvalue weighted by Gasteiger charge is 1.97. The lowest BCUT2D eigenvalue weighted by atomic mass is 10.1. The molecule has 2 heteroatoms. The molecule has 2 nitrogen and oxygen atoms in total. The summed E-state index contributed by atoms with van der Waals surface area (Å²) in [6.45, 7) is 5.79. The number of anilines is 1. The van der Waals surface area contributed by atoms with Crippen molar-refractivity contribution in [2.24, 2.45) is 0 Å². The molecule has 0 fully saturated rings. The van der Waals surface area contributed by atoms with E-state index in [-0.39, 0.29) is 0 Å². The van der Waals surface area contributed by atoms with Gasteiger partial charge in [0.25, 0.3) is 0 Å². The summed E-state index contributed by atoms with van der Waals surface area (Å²) in [5.41, 5.74) is 2.54. The fourth-order valence-corrected chi connectivity index (χ4v) is 1.45. The minimum atomic E-state index is 0.608. The minimum absolute atomic E-state index is 0.608. The highest BCUT2D eigenvalue weighted by molar-refractivity contribution is 5.50. The van der Waals surface area contributed by atoms with E-state index in [2.05, 4.69) is 37.4 Å². The summed E-state index contributed by atoms with van der Waals surface area (Å²) in [6.07, 6.45) is 3.38. The molecule has 0 atom stereocenters. The molecule has 0 bridgehead atoms. The van der Waals surface area contributed by atoms with E-state index < -0.39 is 0 Å². The first-order valence-electron chi connectivity index (χ1n) is 5.78. The van der Waals surface area contributed by atoms with Crippen molar-refractivity contribution in [1.29, 1.82) is 0 Å². The molecule has 0 aromatic heterocycles. The zero-order valence-electron chi connectivity index (χ0n) is 9.75. The largest absolute Gasteiger partial charge is 0.362 e. The molecule has 0 spiro atoms. The van der Waals surface area contributed by atoms with Gasteiger partial charge < -0.3 is 10.1 Å². The Kier molecular flexibility index (Phi) is 5.86. The van der Waals surface area contributed by atoms with E-state index in [0.29, 0.717) is 6.73 Å². The van der Waals surface area contributed by atoms with Crippen LogP contribution in [-0.2, 0) is 11.2 Å². The third kappa shape index (κ3) is 4.34. The second kappa shape index (κ2) is 7.30. The zero-order chi connectivity index (χ0) is 10.9. The van der Waals surface area contributed by atoms with Crippen LogP contribution in [0.3, 0.4) is 0 Å². The van der Waals surface area contributed by atoms with Crippen LogP contribution in [0.4, 0.5) is 5.69 Å². The van der Waals surface area contributed by atoms with Gasteiger partial charge in [0.1, 0.15) is 6.73 Å². The Morgan fingerprint density at radius 2 is 2.00 bits per heavy atom. The predicted molar refractivity (Wildman–Crippen MR) is 65.2 cm³/mol. The summed E-state index contributed by atoms with van der Waals surface area (Å²) >= 11 is 0. The summed E-state index contributed by atoms with van der Waals surface area (Å²) in [4.78, 5) is 0. The molecule has 1 rings (SSSR count). The van der Waals surface area contributed by atoms with E-state index in [1.165, 1.54) is 17.7 Å². The summed E-state index contributed by atoms with van der Waals surface area (Å²) in [5.74, 6) is 0. The lowest BCUT2D eigenvalue weighted by Crippen LogP contribution is -2.08. The average molecular weight is 207 g/mol. The number of unbranched alkanes of at least 4 members (excludes halogenated alkanes) is 1. The number of aryl methyl sites for hydroxylation is 1. The number of benzene rings is 1. The molecule has 0 amide bonds. The standard InChI is InChI=1S/C13H21NO/c1-3-5-10-15-11-14-13-9-7-6-8-12(13)4-2/h6-9,14H,3-5,10-11H2,1-2H3. The van der Waals surface area contributed by atoms with Crippen LogP contribution in [0.15, 0.2) is 24.3 Å². The third-order valence-corrected chi connectivity index (χ3v) is 2.41. The molecule has 0 saturated carbocycles. The first-order valence-corrected chi connectivity index (χ1v) is 5.78. The number of hydrogen-bond acceptors (Lipinski definition) is 2. The number of nitrogens with one attached hydrogen (secondary N) is 1. The van der Waals surface area contributed by atoms with Gasteiger partial charge in [0.2, 0.25) is 0 Å². The van der Waals surface area contributed by atoms with Crippen LogP contribution in [0, 0.1) is 0 Å². The van der Waals surface area contributed by atoms with Crippen molar-refractivity contribution in [2.45, 2.75) is 33.1 Å². The molecule has 0 aliphatic heterocycles. The molecular weight excluding hydrogens is 186 g/mol. The molecular formula is C13H21NO. The molecule has 0 radical (unpaired) electrons. The summed E-state index contributed by atoms with van der Waals surface area (Å²) < 4.78 is 5.47. The van der Waals surface area contributed by atoms with Crippen LogP contribution in [0.5, 0.6) is 0 Å². The van der Waals surface area contributed by atoms with Crippen LogP contribution >= 0.6 is 0 Å². The van der Waals surface area contributed by atoms with Crippen molar-refractivity contribution in [1.82, 2.24) is 0 Å². The smallest absolute Gasteiger partial charge is 0.116 e. The molecule has 0 aliphatic carbocycles. The summed E-state index contributed by atoms with van der Waals surface area (Å²) in [6, 6.07) is 8.37. The fourth-order valence-electron chi connectivity index (χ4n) is 1.45. The molecule has 0 unspecified atom stereocenters.